The first-order chi connectivity index (χ1) is 12.0. The second-order valence-corrected chi connectivity index (χ2v) is 7.39. The molecule has 2 amide bonds. The molecule has 25 heavy (non-hydrogen) atoms. The molecule has 6 nitrogen and oxygen atoms in total. The first-order valence-electron chi connectivity index (χ1n) is 8.13. The van der Waals surface area contributed by atoms with Gasteiger partial charge >= 0.3 is 0 Å². The molecule has 1 unspecified atom stereocenters. The zero-order valence-electron chi connectivity index (χ0n) is 13.9. The highest BCUT2D eigenvalue weighted by Gasteiger charge is 2.25. The maximum absolute atomic E-state index is 12.6. The minimum atomic E-state index is -0.0946. The van der Waals surface area contributed by atoms with Gasteiger partial charge in [-0.3, -0.25) is 9.59 Å². The van der Waals surface area contributed by atoms with Gasteiger partial charge in [-0.25, -0.2) is 9.97 Å². The Morgan fingerprint density at radius 1 is 1.40 bits per heavy atom. The van der Waals surface area contributed by atoms with Crippen LogP contribution in [0.2, 0.25) is 5.02 Å². The smallest absolute Gasteiger partial charge is 0.272 e. The van der Waals surface area contributed by atoms with Gasteiger partial charge in [-0.05, 0) is 37.8 Å². The Hall–Kier alpha value is -1.99. The minimum absolute atomic E-state index is 0.0917. The van der Waals surface area contributed by atoms with Crippen LogP contribution in [0.1, 0.15) is 38.7 Å². The second-order valence-electron chi connectivity index (χ2n) is 6.10. The van der Waals surface area contributed by atoms with Crippen molar-refractivity contribution in [2.45, 2.75) is 19.8 Å². The van der Waals surface area contributed by atoms with Crippen molar-refractivity contribution >= 4 is 34.8 Å². The lowest BCUT2D eigenvalue weighted by Gasteiger charge is -2.32. The van der Waals surface area contributed by atoms with Crippen molar-refractivity contribution < 1.29 is 9.59 Å². The van der Waals surface area contributed by atoms with Gasteiger partial charge in [0.15, 0.2) is 0 Å². The van der Waals surface area contributed by atoms with Gasteiger partial charge in [0.2, 0.25) is 0 Å². The summed E-state index contributed by atoms with van der Waals surface area (Å²) in [6, 6.07) is 3.31. The summed E-state index contributed by atoms with van der Waals surface area (Å²) in [7, 11) is 0. The van der Waals surface area contributed by atoms with Crippen LogP contribution in [0.5, 0.6) is 0 Å². The Kier molecular flexibility index (Phi) is 5.65. The molecule has 0 radical (unpaired) electrons. The summed E-state index contributed by atoms with van der Waals surface area (Å²) in [5.41, 5.74) is 2.82. The van der Waals surface area contributed by atoms with E-state index < -0.39 is 0 Å². The van der Waals surface area contributed by atoms with Gasteiger partial charge in [0.1, 0.15) is 10.6 Å². The third-order valence-corrected chi connectivity index (χ3v) is 5.41. The highest BCUT2D eigenvalue weighted by atomic mass is 35.5. The normalized spacial score (nSPS) is 17.4. The number of nitrogens with zero attached hydrogens (tertiary/aromatic N) is 3. The van der Waals surface area contributed by atoms with Gasteiger partial charge in [0.05, 0.1) is 16.2 Å². The Morgan fingerprint density at radius 2 is 2.24 bits per heavy atom. The van der Waals surface area contributed by atoms with Crippen molar-refractivity contribution in [3.63, 3.8) is 0 Å². The van der Waals surface area contributed by atoms with Gasteiger partial charge in [-0.15, -0.1) is 11.3 Å². The third kappa shape index (κ3) is 4.35. The highest BCUT2D eigenvalue weighted by Crippen LogP contribution is 2.19. The lowest BCUT2D eigenvalue weighted by Crippen LogP contribution is -2.43. The van der Waals surface area contributed by atoms with Crippen LogP contribution in [0, 0.1) is 12.8 Å². The van der Waals surface area contributed by atoms with E-state index in [9.17, 15) is 9.59 Å². The summed E-state index contributed by atoms with van der Waals surface area (Å²) in [6.07, 6.45) is 3.38. The number of carbonyl (C=O) groups excluding carboxylic acids is 2. The number of aromatic nitrogens is 2. The van der Waals surface area contributed by atoms with Crippen molar-refractivity contribution in [3.05, 3.63) is 45.1 Å². The molecule has 1 fully saturated rings. The summed E-state index contributed by atoms with van der Waals surface area (Å²) in [4.78, 5) is 35.4. The first kappa shape index (κ1) is 17.8. The second kappa shape index (κ2) is 7.93. The summed E-state index contributed by atoms with van der Waals surface area (Å²) in [5.74, 6) is 0.0518. The predicted octanol–water partition coefficient (Wildman–Crippen LogP) is 2.78. The molecule has 0 aliphatic carbocycles. The number of aryl methyl sites for hydroxylation is 1. The van der Waals surface area contributed by atoms with Crippen LogP contribution in [0.3, 0.4) is 0 Å². The van der Waals surface area contributed by atoms with E-state index in [1.807, 2.05) is 6.92 Å². The SMILES string of the molecule is Cc1ncsc1C(=O)NCC1CCCN(C(=O)c2ccc(Cl)cn2)C1. The number of pyridine rings is 1. The van der Waals surface area contributed by atoms with Crippen LogP contribution in [0.4, 0.5) is 0 Å². The number of thiazole rings is 1. The number of hydrogen-bond donors (Lipinski definition) is 1. The molecule has 8 heteroatoms. The van der Waals surface area contributed by atoms with E-state index in [4.69, 9.17) is 11.6 Å². The number of halogens is 1. The Balaban J connectivity index is 1.56. The average molecular weight is 379 g/mol. The topological polar surface area (TPSA) is 75.2 Å². The van der Waals surface area contributed by atoms with E-state index in [1.54, 1.807) is 22.5 Å². The van der Waals surface area contributed by atoms with Crippen molar-refractivity contribution in [1.29, 1.82) is 0 Å². The molecular weight excluding hydrogens is 360 g/mol. The molecule has 1 aliphatic rings. The van der Waals surface area contributed by atoms with Crippen molar-refractivity contribution in [3.8, 4) is 0 Å². The molecule has 2 aromatic heterocycles. The number of amides is 2. The fourth-order valence-corrected chi connectivity index (χ4v) is 3.75. The van der Waals surface area contributed by atoms with Crippen molar-refractivity contribution in [2.24, 2.45) is 5.92 Å². The maximum Gasteiger partial charge on any atom is 0.272 e. The molecule has 2 aromatic rings. The molecule has 132 valence electrons. The summed E-state index contributed by atoms with van der Waals surface area (Å²) in [5, 5.41) is 3.47. The van der Waals surface area contributed by atoms with Crippen molar-refractivity contribution in [1.82, 2.24) is 20.2 Å². The van der Waals surface area contributed by atoms with Crippen LogP contribution < -0.4 is 5.32 Å². The summed E-state index contributed by atoms with van der Waals surface area (Å²) < 4.78 is 0. The van der Waals surface area contributed by atoms with Gasteiger partial charge in [0, 0.05) is 25.8 Å². The average Bonchev–Trinajstić information content (AvgIpc) is 3.06. The van der Waals surface area contributed by atoms with Crippen LogP contribution in [-0.4, -0.2) is 46.3 Å². The van der Waals surface area contributed by atoms with Gasteiger partial charge < -0.3 is 10.2 Å². The summed E-state index contributed by atoms with van der Waals surface area (Å²) >= 11 is 7.16. The van der Waals surface area contributed by atoms with Crippen molar-refractivity contribution in [2.75, 3.05) is 19.6 Å². The molecule has 0 bridgehead atoms. The molecule has 3 heterocycles. The third-order valence-electron chi connectivity index (χ3n) is 4.26. The molecule has 0 aromatic carbocycles. The first-order valence-corrected chi connectivity index (χ1v) is 9.39. The van der Waals surface area contributed by atoms with Gasteiger partial charge in [-0.2, -0.15) is 0 Å². The van der Waals surface area contributed by atoms with Crippen LogP contribution in [0.25, 0.3) is 0 Å². The predicted molar refractivity (Wildman–Crippen MR) is 97.1 cm³/mol. The van der Waals surface area contributed by atoms with Crippen LogP contribution in [-0.2, 0) is 0 Å². The van der Waals surface area contributed by atoms with E-state index in [1.165, 1.54) is 17.5 Å². The fourth-order valence-electron chi connectivity index (χ4n) is 2.92. The zero-order chi connectivity index (χ0) is 17.8. The highest BCUT2D eigenvalue weighted by molar-refractivity contribution is 7.11. The largest absolute Gasteiger partial charge is 0.351 e. The lowest BCUT2D eigenvalue weighted by molar-refractivity contribution is 0.0665. The molecule has 1 aliphatic heterocycles. The number of piperidine rings is 1. The maximum atomic E-state index is 12.6. The van der Waals surface area contributed by atoms with Gasteiger partial charge in [0.25, 0.3) is 11.8 Å². The van der Waals surface area contributed by atoms with Crippen LogP contribution >= 0.6 is 22.9 Å². The number of likely N-dealkylation sites (tertiary alicyclic amines) is 1. The molecule has 1 saturated heterocycles. The van der Waals surface area contributed by atoms with E-state index >= 15 is 0 Å². The molecule has 1 N–H and O–H groups in total. The van der Waals surface area contributed by atoms with E-state index in [2.05, 4.69) is 15.3 Å². The number of carbonyl (C=O) groups is 2. The molecular formula is C17H19ClN4O2S. The lowest BCUT2D eigenvalue weighted by atomic mass is 9.97. The minimum Gasteiger partial charge on any atom is -0.351 e. The Morgan fingerprint density at radius 3 is 2.92 bits per heavy atom. The molecule has 0 spiro atoms. The summed E-state index contributed by atoms with van der Waals surface area (Å²) in [6.45, 7) is 3.70. The molecule has 3 rings (SSSR count). The fraction of sp³-hybridized carbons (Fsp3) is 0.412. The quantitative estimate of drug-likeness (QED) is 0.887. The van der Waals surface area contributed by atoms with Crippen LogP contribution in [0.15, 0.2) is 23.8 Å². The standard InChI is InChI=1S/C17H19ClN4O2S/c1-11-15(25-10-21-11)16(23)20-7-12-3-2-6-22(9-12)17(24)14-5-4-13(18)8-19-14/h4-5,8,10,12H,2-3,6-7,9H2,1H3,(H,20,23). The molecule has 0 saturated carbocycles. The number of hydrogen-bond acceptors (Lipinski definition) is 5. The Labute approximate surface area is 155 Å². The molecule has 1 atom stereocenters. The monoisotopic (exact) mass is 378 g/mol. The Bertz CT molecular complexity index is 762. The van der Waals surface area contributed by atoms with E-state index in [-0.39, 0.29) is 17.7 Å². The van der Waals surface area contributed by atoms with E-state index in [0.717, 1.165) is 18.5 Å². The number of nitrogens with one attached hydrogen (secondary N) is 1. The van der Waals surface area contributed by atoms with E-state index in [0.29, 0.717) is 35.2 Å². The van der Waals surface area contributed by atoms with Gasteiger partial charge in [-0.1, -0.05) is 11.6 Å². The zero-order valence-corrected chi connectivity index (χ0v) is 15.4. The number of rotatable bonds is 4.